The first-order valence-corrected chi connectivity index (χ1v) is 10.7. The molecule has 5 heteroatoms. The zero-order valence-electron chi connectivity index (χ0n) is 17.8. The molecule has 1 aliphatic rings. The van der Waals surface area contributed by atoms with Crippen LogP contribution >= 0.6 is 0 Å². The van der Waals surface area contributed by atoms with Crippen molar-refractivity contribution in [1.29, 1.82) is 0 Å². The first kappa shape index (κ1) is 19.9. The Labute approximate surface area is 186 Å². The van der Waals surface area contributed by atoms with E-state index < -0.39 is 0 Å². The topological polar surface area (TPSA) is 62.3 Å². The van der Waals surface area contributed by atoms with Gasteiger partial charge in [-0.2, -0.15) is 0 Å². The molecule has 5 rings (SSSR count). The number of pyridine rings is 1. The Hall–Kier alpha value is -3.99. The fourth-order valence-corrected chi connectivity index (χ4v) is 4.21. The normalized spacial score (nSPS) is 12.6. The number of fused-ring (bicyclic) bond motifs is 2. The van der Waals surface area contributed by atoms with Gasteiger partial charge in [-0.1, -0.05) is 48.5 Å². The zero-order chi connectivity index (χ0) is 22.1. The minimum absolute atomic E-state index is 0.0876. The third-order valence-electron chi connectivity index (χ3n) is 5.91. The number of hydrogen-bond donors (Lipinski definition) is 1. The van der Waals surface area contributed by atoms with Crippen LogP contribution in [0.2, 0.25) is 0 Å². The molecule has 0 atom stereocenters. The average Bonchev–Trinajstić information content (AvgIpc) is 3.24. The molecule has 2 amide bonds. The van der Waals surface area contributed by atoms with Gasteiger partial charge in [0.05, 0.1) is 23.2 Å². The van der Waals surface area contributed by atoms with E-state index in [4.69, 9.17) is 0 Å². The van der Waals surface area contributed by atoms with Crippen molar-refractivity contribution >= 4 is 34.1 Å². The van der Waals surface area contributed by atoms with Gasteiger partial charge >= 0.3 is 0 Å². The van der Waals surface area contributed by atoms with Gasteiger partial charge in [-0.05, 0) is 54.8 Å². The maximum Gasteiger partial charge on any atom is 0.257 e. The van der Waals surface area contributed by atoms with Crippen molar-refractivity contribution in [2.75, 3.05) is 16.8 Å². The molecule has 0 saturated heterocycles. The summed E-state index contributed by atoms with van der Waals surface area (Å²) in [6, 6.07) is 25.1. The number of carbonyl (C=O) groups excluding carboxylic acids is 2. The van der Waals surface area contributed by atoms with Crippen LogP contribution in [0.5, 0.6) is 0 Å². The van der Waals surface area contributed by atoms with Crippen molar-refractivity contribution in [3.63, 3.8) is 0 Å². The SMILES string of the molecule is Cc1nc2ccccc2cc1C(=O)Nc1ccc(CC(=O)N2CCc3ccccc32)cc1. The number of para-hydroxylation sites is 2. The molecule has 5 nitrogen and oxygen atoms in total. The monoisotopic (exact) mass is 421 g/mol. The van der Waals surface area contributed by atoms with Crippen molar-refractivity contribution in [2.24, 2.45) is 0 Å². The molecular formula is C27H23N3O2. The molecule has 158 valence electrons. The molecule has 4 aromatic rings. The summed E-state index contributed by atoms with van der Waals surface area (Å²) < 4.78 is 0. The highest BCUT2D eigenvalue weighted by atomic mass is 16.2. The number of rotatable bonds is 4. The minimum atomic E-state index is -0.196. The van der Waals surface area contributed by atoms with Crippen LogP contribution in [0.1, 0.15) is 27.2 Å². The van der Waals surface area contributed by atoms with E-state index in [0.717, 1.165) is 35.1 Å². The number of nitrogens with zero attached hydrogens (tertiary/aromatic N) is 2. The molecule has 3 aromatic carbocycles. The van der Waals surface area contributed by atoms with Crippen LogP contribution in [0.15, 0.2) is 78.9 Å². The van der Waals surface area contributed by atoms with Crippen molar-refractivity contribution in [2.45, 2.75) is 19.8 Å². The van der Waals surface area contributed by atoms with Crippen LogP contribution in [-0.4, -0.2) is 23.3 Å². The van der Waals surface area contributed by atoms with Crippen molar-refractivity contribution in [3.05, 3.63) is 101 Å². The lowest BCUT2D eigenvalue weighted by Crippen LogP contribution is -2.30. The summed E-state index contributed by atoms with van der Waals surface area (Å²) >= 11 is 0. The van der Waals surface area contributed by atoms with E-state index in [9.17, 15) is 9.59 Å². The summed E-state index contributed by atoms with van der Waals surface area (Å²) in [5.74, 6) is -0.108. The van der Waals surface area contributed by atoms with Gasteiger partial charge < -0.3 is 10.2 Å². The molecule has 1 N–H and O–H groups in total. The van der Waals surface area contributed by atoms with E-state index in [2.05, 4.69) is 16.4 Å². The Morgan fingerprint density at radius 3 is 2.56 bits per heavy atom. The largest absolute Gasteiger partial charge is 0.322 e. The molecule has 0 radical (unpaired) electrons. The van der Waals surface area contributed by atoms with Gasteiger partial charge in [0.15, 0.2) is 0 Å². The third kappa shape index (κ3) is 3.85. The van der Waals surface area contributed by atoms with Crippen LogP contribution in [0.4, 0.5) is 11.4 Å². The molecule has 32 heavy (non-hydrogen) atoms. The number of hydrogen-bond acceptors (Lipinski definition) is 3. The van der Waals surface area contributed by atoms with E-state index >= 15 is 0 Å². The highest BCUT2D eigenvalue weighted by molar-refractivity contribution is 6.06. The number of anilines is 2. The second-order valence-electron chi connectivity index (χ2n) is 8.07. The molecular weight excluding hydrogens is 398 g/mol. The van der Waals surface area contributed by atoms with Crippen LogP contribution in [0.3, 0.4) is 0 Å². The second-order valence-corrected chi connectivity index (χ2v) is 8.07. The maximum absolute atomic E-state index is 12.8. The minimum Gasteiger partial charge on any atom is -0.322 e. The fraction of sp³-hybridized carbons (Fsp3) is 0.148. The first-order chi connectivity index (χ1) is 15.6. The van der Waals surface area contributed by atoms with Crippen molar-refractivity contribution in [3.8, 4) is 0 Å². The van der Waals surface area contributed by atoms with Gasteiger partial charge in [-0.3, -0.25) is 14.6 Å². The molecule has 0 saturated carbocycles. The number of amides is 2. The molecule has 0 fully saturated rings. The van der Waals surface area contributed by atoms with Crippen molar-refractivity contribution < 1.29 is 9.59 Å². The molecule has 0 bridgehead atoms. The zero-order valence-corrected chi connectivity index (χ0v) is 17.8. The summed E-state index contributed by atoms with van der Waals surface area (Å²) in [7, 11) is 0. The van der Waals surface area contributed by atoms with Gasteiger partial charge in [0.1, 0.15) is 0 Å². The highest BCUT2D eigenvalue weighted by Gasteiger charge is 2.24. The smallest absolute Gasteiger partial charge is 0.257 e. The number of aryl methyl sites for hydroxylation is 1. The number of aromatic nitrogens is 1. The van der Waals surface area contributed by atoms with Gasteiger partial charge in [0, 0.05) is 23.3 Å². The van der Waals surface area contributed by atoms with Gasteiger partial charge in [-0.25, -0.2) is 0 Å². The fourth-order valence-electron chi connectivity index (χ4n) is 4.21. The maximum atomic E-state index is 12.8. The summed E-state index contributed by atoms with van der Waals surface area (Å²) in [6.07, 6.45) is 1.23. The van der Waals surface area contributed by atoms with Crippen LogP contribution < -0.4 is 10.2 Å². The standard InChI is InChI=1S/C27H23N3O2/c1-18-23(17-21-7-2-4-8-24(21)28-18)27(32)29-22-12-10-19(11-13-22)16-26(31)30-15-14-20-6-3-5-9-25(20)30/h2-13,17H,14-16H2,1H3,(H,29,32). The van der Waals surface area contributed by atoms with Crippen LogP contribution in [0.25, 0.3) is 10.9 Å². The third-order valence-corrected chi connectivity index (χ3v) is 5.91. The van der Waals surface area contributed by atoms with E-state index in [1.807, 2.05) is 84.6 Å². The first-order valence-electron chi connectivity index (χ1n) is 10.7. The molecule has 1 aromatic heterocycles. The molecule has 1 aliphatic heterocycles. The predicted molar refractivity (Wildman–Crippen MR) is 127 cm³/mol. The number of nitrogens with one attached hydrogen (secondary N) is 1. The Kier molecular flexibility index (Phi) is 5.15. The summed E-state index contributed by atoms with van der Waals surface area (Å²) in [4.78, 5) is 32.0. The van der Waals surface area contributed by atoms with Gasteiger partial charge in [0.25, 0.3) is 5.91 Å². The Morgan fingerprint density at radius 2 is 1.72 bits per heavy atom. The van der Waals surface area contributed by atoms with Crippen LogP contribution in [0, 0.1) is 6.92 Å². The lowest BCUT2D eigenvalue weighted by atomic mass is 10.1. The number of carbonyl (C=O) groups is 2. The lowest BCUT2D eigenvalue weighted by molar-refractivity contribution is -0.117. The second kappa shape index (κ2) is 8.27. The predicted octanol–water partition coefficient (Wildman–Crippen LogP) is 4.93. The molecule has 2 heterocycles. The van der Waals surface area contributed by atoms with Crippen LogP contribution in [-0.2, 0) is 17.6 Å². The average molecular weight is 422 g/mol. The summed E-state index contributed by atoms with van der Waals surface area (Å²) in [6.45, 7) is 2.57. The quantitative estimate of drug-likeness (QED) is 0.508. The van der Waals surface area contributed by atoms with Gasteiger partial charge in [0.2, 0.25) is 5.91 Å². The van der Waals surface area contributed by atoms with Gasteiger partial charge in [-0.15, -0.1) is 0 Å². The van der Waals surface area contributed by atoms with E-state index in [1.54, 1.807) is 0 Å². The Balaban J connectivity index is 1.27. The Morgan fingerprint density at radius 1 is 0.969 bits per heavy atom. The molecule has 0 aliphatic carbocycles. The molecule has 0 unspecified atom stereocenters. The number of benzene rings is 3. The highest BCUT2D eigenvalue weighted by Crippen LogP contribution is 2.28. The van der Waals surface area contributed by atoms with Crippen molar-refractivity contribution in [1.82, 2.24) is 4.98 Å². The summed E-state index contributed by atoms with van der Waals surface area (Å²) in [5, 5.41) is 3.87. The van der Waals surface area contributed by atoms with E-state index in [1.165, 1.54) is 5.56 Å². The lowest BCUT2D eigenvalue weighted by Gasteiger charge is -2.17. The Bertz CT molecular complexity index is 1330. The van der Waals surface area contributed by atoms with E-state index in [0.29, 0.717) is 23.4 Å². The van der Waals surface area contributed by atoms with E-state index in [-0.39, 0.29) is 11.8 Å². The summed E-state index contributed by atoms with van der Waals surface area (Å²) in [5.41, 5.74) is 5.95. The molecule has 0 spiro atoms.